The van der Waals surface area contributed by atoms with Gasteiger partial charge in [-0.3, -0.25) is 4.79 Å². The first-order valence-electron chi connectivity index (χ1n) is 4.95. The Labute approximate surface area is 116 Å². The molecule has 7 heteroatoms. The number of anilines is 1. The number of hydrogen-bond acceptors (Lipinski definition) is 3. The van der Waals surface area contributed by atoms with Gasteiger partial charge in [0.25, 0.3) is 0 Å². The molecule has 0 radical (unpaired) electrons. The zero-order valence-corrected chi connectivity index (χ0v) is 11.6. The van der Waals surface area contributed by atoms with Gasteiger partial charge in [-0.25, -0.2) is 4.39 Å². The van der Waals surface area contributed by atoms with Crippen molar-refractivity contribution in [2.75, 3.05) is 12.8 Å². The lowest BCUT2D eigenvalue weighted by molar-refractivity contribution is -0.480. The number of hydrogen-bond donors (Lipinski definition) is 2. The van der Waals surface area contributed by atoms with E-state index in [1.807, 2.05) is 0 Å². The predicted molar refractivity (Wildman–Crippen MR) is 62.7 cm³/mol. The van der Waals surface area contributed by atoms with Gasteiger partial charge < -0.3 is 28.6 Å². The van der Waals surface area contributed by atoms with E-state index < -0.39 is 17.3 Å². The van der Waals surface area contributed by atoms with E-state index >= 15 is 0 Å². The molecule has 0 amide bonds. The second-order valence-electron chi connectivity index (χ2n) is 4.14. The molecule has 0 aliphatic heterocycles. The first-order valence-corrected chi connectivity index (χ1v) is 5.33. The standard InChI is InChI=1S/C11H14ClFN2O2.ClH/c1-11(15,5-8(16)17-2)6-3-4-7(13)10(14)9(6)12;/h3-4H,5,14-15H2,1-2H3;1H/t11-;/m0./s1. The van der Waals surface area contributed by atoms with E-state index in [2.05, 4.69) is 10.5 Å². The maximum absolute atomic E-state index is 13.2. The molecule has 0 fully saturated rings. The summed E-state index contributed by atoms with van der Waals surface area (Å²) in [6.07, 6.45) is 0.0360. The van der Waals surface area contributed by atoms with Crippen molar-refractivity contribution in [3.63, 3.8) is 0 Å². The fourth-order valence-electron chi connectivity index (χ4n) is 1.52. The molecule has 4 nitrogen and oxygen atoms in total. The molecule has 1 atom stereocenters. The van der Waals surface area contributed by atoms with E-state index in [4.69, 9.17) is 17.3 Å². The lowest BCUT2D eigenvalue weighted by Crippen LogP contribution is -3.00. The van der Waals surface area contributed by atoms with Crippen molar-refractivity contribution in [2.24, 2.45) is 0 Å². The summed E-state index contributed by atoms with van der Waals surface area (Å²) < 4.78 is 17.7. The second kappa shape index (κ2) is 6.22. The normalized spacial score (nSPS) is 13.4. The van der Waals surface area contributed by atoms with Crippen molar-refractivity contribution in [3.8, 4) is 0 Å². The number of nitrogen functional groups attached to an aromatic ring is 1. The van der Waals surface area contributed by atoms with E-state index in [1.165, 1.54) is 19.2 Å². The molecular weight excluding hydrogens is 282 g/mol. The third-order valence-electron chi connectivity index (χ3n) is 2.54. The number of benzene rings is 1. The van der Waals surface area contributed by atoms with Crippen LogP contribution in [0, 0.1) is 5.82 Å². The maximum atomic E-state index is 13.2. The number of quaternary nitrogens is 1. The zero-order chi connectivity index (χ0) is 13.2. The third kappa shape index (κ3) is 3.48. The highest BCUT2D eigenvalue weighted by molar-refractivity contribution is 6.34. The Hall–Kier alpha value is -1.04. The molecule has 0 aliphatic carbocycles. The van der Waals surface area contributed by atoms with E-state index in [-0.39, 0.29) is 29.5 Å². The molecule has 1 aromatic rings. The molecule has 18 heavy (non-hydrogen) atoms. The number of ether oxygens (including phenoxy) is 1. The van der Waals surface area contributed by atoms with Crippen molar-refractivity contribution >= 4 is 23.3 Å². The second-order valence-corrected chi connectivity index (χ2v) is 4.51. The van der Waals surface area contributed by atoms with Gasteiger partial charge in [0.05, 0.1) is 17.8 Å². The van der Waals surface area contributed by atoms with E-state index in [9.17, 15) is 9.18 Å². The van der Waals surface area contributed by atoms with Gasteiger partial charge in [-0.1, -0.05) is 11.6 Å². The fraction of sp³-hybridized carbons (Fsp3) is 0.364. The van der Waals surface area contributed by atoms with Crippen LogP contribution in [0.5, 0.6) is 0 Å². The molecular formula is C11H15Cl2FN2O2. The minimum absolute atomic E-state index is 0. The van der Waals surface area contributed by atoms with Gasteiger partial charge in [0, 0.05) is 5.56 Å². The quantitative estimate of drug-likeness (QED) is 0.504. The Morgan fingerprint density at radius 2 is 2.17 bits per heavy atom. The van der Waals surface area contributed by atoms with Crippen LogP contribution in [-0.4, -0.2) is 13.1 Å². The van der Waals surface area contributed by atoms with Crippen molar-refractivity contribution < 1.29 is 32.1 Å². The molecule has 0 unspecified atom stereocenters. The monoisotopic (exact) mass is 296 g/mol. The number of halogens is 3. The molecule has 1 aromatic carbocycles. The molecule has 0 saturated heterocycles. The van der Waals surface area contributed by atoms with Crippen LogP contribution in [0.2, 0.25) is 5.02 Å². The molecule has 0 spiro atoms. The Balaban J connectivity index is 0.00000289. The Morgan fingerprint density at radius 1 is 1.61 bits per heavy atom. The number of carbonyl (C=O) groups is 1. The van der Waals surface area contributed by atoms with Crippen molar-refractivity contribution in [1.82, 2.24) is 0 Å². The maximum Gasteiger partial charge on any atom is 0.312 e. The molecule has 102 valence electrons. The van der Waals surface area contributed by atoms with Crippen molar-refractivity contribution in [3.05, 3.63) is 28.5 Å². The van der Waals surface area contributed by atoms with Gasteiger partial charge in [-0.15, -0.1) is 0 Å². The van der Waals surface area contributed by atoms with Gasteiger partial charge in [0.15, 0.2) is 0 Å². The third-order valence-corrected chi connectivity index (χ3v) is 2.95. The predicted octanol–water partition coefficient (Wildman–Crippen LogP) is -1.91. The van der Waals surface area contributed by atoms with Crippen LogP contribution in [0.1, 0.15) is 18.9 Å². The van der Waals surface area contributed by atoms with Gasteiger partial charge >= 0.3 is 5.97 Å². The van der Waals surface area contributed by atoms with Crippen LogP contribution in [0.3, 0.4) is 0 Å². The zero-order valence-electron chi connectivity index (χ0n) is 10.1. The topological polar surface area (TPSA) is 80.0 Å². The highest BCUT2D eigenvalue weighted by Gasteiger charge is 2.32. The summed E-state index contributed by atoms with van der Waals surface area (Å²) in [5, 5.41) is 0.0893. The first-order chi connectivity index (χ1) is 7.79. The molecule has 0 heterocycles. The largest absolute Gasteiger partial charge is 1.00 e. The minimum atomic E-state index is -0.813. The summed E-state index contributed by atoms with van der Waals surface area (Å²) >= 11 is 5.95. The summed E-state index contributed by atoms with van der Waals surface area (Å²) in [5.41, 5.74) is 8.96. The average molecular weight is 297 g/mol. The number of esters is 1. The van der Waals surface area contributed by atoms with Crippen LogP contribution in [-0.2, 0) is 15.1 Å². The summed E-state index contributed by atoms with van der Waals surface area (Å²) in [5.74, 6) is -1.01. The highest BCUT2D eigenvalue weighted by Crippen LogP contribution is 2.33. The molecule has 1 rings (SSSR count). The minimum Gasteiger partial charge on any atom is -1.00 e. The average Bonchev–Trinajstić information content (AvgIpc) is 2.24. The van der Waals surface area contributed by atoms with Crippen LogP contribution in [0.25, 0.3) is 0 Å². The smallest absolute Gasteiger partial charge is 0.312 e. The van der Waals surface area contributed by atoms with Crippen molar-refractivity contribution in [1.29, 1.82) is 0 Å². The van der Waals surface area contributed by atoms with E-state index in [0.29, 0.717) is 5.56 Å². The van der Waals surface area contributed by atoms with Crippen LogP contribution < -0.4 is 23.9 Å². The number of methoxy groups -OCH3 is 1. The highest BCUT2D eigenvalue weighted by atomic mass is 35.5. The lowest BCUT2D eigenvalue weighted by Gasteiger charge is -2.22. The SMILES string of the molecule is COC(=O)C[C@](C)([NH3+])c1ccc(F)c(N)c1Cl.[Cl-]. The van der Waals surface area contributed by atoms with Gasteiger partial charge in [0.1, 0.15) is 17.8 Å². The Morgan fingerprint density at radius 3 is 2.67 bits per heavy atom. The van der Waals surface area contributed by atoms with E-state index in [1.54, 1.807) is 6.92 Å². The number of rotatable bonds is 3. The van der Waals surface area contributed by atoms with Crippen molar-refractivity contribution in [2.45, 2.75) is 18.9 Å². The molecule has 0 aromatic heterocycles. The first kappa shape index (κ1) is 17.0. The molecule has 5 N–H and O–H groups in total. The van der Waals surface area contributed by atoms with E-state index in [0.717, 1.165) is 0 Å². The number of carbonyl (C=O) groups excluding carboxylic acids is 1. The Bertz CT molecular complexity index is 453. The van der Waals surface area contributed by atoms with Crippen LogP contribution in [0.15, 0.2) is 12.1 Å². The molecule has 0 saturated carbocycles. The summed E-state index contributed by atoms with van der Waals surface area (Å²) in [7, 11) is 1.29. The van der Waals surface area contributed by atoms with Crippen LogP contribution in [0.4, 0.5) is 10.1 Å². The molecule has 0 aliphatic rings. The number of nitrogens with two attached hydrogens (primary N) is 1. The van der Waals surface area contributed by atoms with Gasteiger partial charge in [-0.05, 0) is 19.1 Å². The molecule has 0 bridgehead atoms. The van der Waals surface area contributed by atoms with Gasteiger partial charge in [-0.2, -0.15) is 0 Å². The summed E-state index contributed by atoms with van der Waals surface area (Å²) in [4.78, 5) is 11.3. The summed E-state index contributed by atoms with van der Waals surface area (Å²) in [6, 6.07) is 2.68. The van der Waals surface area contributed by atoms with Crippen LogP contribution >= 0.6 is 11.6 Å². The Kier molecular flexibility index (Phi) is 5.86. The lowest BCUT2D eigenvalue weighted by atomic mass is 9.89. The van der Waals surface area contributed by atoms with Gasteiger partial charge in [0.2, 0.25) is 0 Å². The fourth-order valence-corrected chi connectivity index (χ4v) is 1.90. The summed E-state index contributed by atoms with van der Waals surface area (Å²) in [6.45, 7) is 1.71.